The third-order valence-corrected chi connectivity index (χ3v) is 6.20. The van der Waals surface area contributed by atoms with E-state index in [1.54, 1.807) is 0 Å². The molecule has 0 nitrogen and oxygen atoms in total. The zero-order valence-corrected chi connectivity index (χ0v) is 17.1. The van der Waals surface area contributed by atoms with E-state index in [-0.39, 0.29) is 5.41 Å². The van der Waals surface area contributed by atoms with Crippen molar-refractivity contribution >= 4 is 28.8 Å². The van der Waals surface area contributed by atoms with Crippen LogP contribution in [-0.2, 0) is 17.2 Å². The van der Waals surface area contributed by atoms with Gasteiger partial charge in [0, 0.05) is 17.2 Å². The predicted molar refractivity (Wildman–Crippen MR) is 121 cm³/mol. The Balaban J connectivity index is 2.05. The van der Waals surface area contributed by atoms with Gasteiger partial charge in [-0.25, -0.2) is 0 Å². The molecule has 3 aromatic rings. The molecule has 0 spiro atoms. The van der Waals surface area contributed by atoms with Crippen LogP contribution in [0.15, 0.2) is 97.1 Å². The summed E-state index contributed by atoms with van der Waals surface area (Å²) in [5.74, 6) is 0.970. The van der Waals surface area contributed by atoms with Gasteiger partial charge >= 0.3 is 0 Å². The first-order valence-corrected chi connectivity index (χ1v) is 10.6. The lowest BCUT2D eigenvalue weighted by Crippen LogP contribution is -2.32. The fourth-order valence-electron chi connectivity index (χ4n) is 4.34. The van der Waals surface area contributed by atoms with E-state index in [1.165, 1.54) is 22.3 Å². The summed E-state index contributed by atoms with van der Waals surface area (Å²) in [4.78, 5) is 0. The highest BCUT2D eigenvalue weighted by molar-refractivity contribution is 6.17. The number of allylic oxidation sites excluding steroid dienone is 4. The van der Waals surface area contributed by atoms with Crippen molar-refractivity contribution in [2.45, 2.75) is 23.6 Å². The summed E-state index contributed by atoms with van der Waals surface area (Å²) in [6.07, 6.45) is 7.54. The lowest BCUT2D eigenvalue weighted by molar-refractivity contribution is 0.662. The van der Waals surface area contributed by atoms with E-state index in [4.69, 9.17) is 23.2 Å². The van der Waals surface area contributed by atoms with Gasteiger partial charge in [0.2, 0.25) is 0 Å². The standard InChI is InChI=1S/C26H22Cl2/c27-18-20-10-4-6-14-23(20)25-16-8-9-17-26(25,22-12-2-1-3-13-22)24-15-7-5-11-21(24)19-28/h1-16H,17-19H2. The monoisotopic (exact) mass is 404 g/mol. The maximum atomic E-state index is 6.39. The fourth-order valence-corrected chi connectivity index (χ4v) is 4.81. The Morgan fingerprint density at radius 2 is 1.36 bits per heavy atom. The van der Waals surface area contributed by atoms with Crippen molar-refractivity contribution in [3.8, 4) is 0 Å². The molecule has 2 heteroatoms. The molecule has 3 aromatic carbocycles. The Morgan fingerprint density at radius 1 is 0.714 bits per heavy atom. The summed E-state index contributed by atoms with van der Waals surface area (Å²) in [6.45, 7) is 0. The maximum Gasteiger partial charge on any atom is 0.0494 e. The van der Waals surface area contributed by atoms with Crippen LogP contribution >= 0.6 is 23.2 Å². The van der Waals surface area contributed by atoms with Crippen molar-refractivity contribution in [2.24, 2.45) is 0 Å². The van der Waals surface area contributed by atoms with Crippen molar-refractivity contribution in [1.29, 1.82) is 0 Å². The molecule has 0 bridgehead atoms. The highest BCUT2D eigenvalue weighted by atomic mass is 35.5. The number of hydrogen-bond acceptors (Lipinski definition) is 0. The van der Waals surface area contributed by atoms with Crippen LogP contribution in [-0.4, -0.2) is 0 Å². The summed E-state index contributed by atoms with van der Waals surface area (Å²) in [6, 6.07) is 27.7. The van der Waals surface area contributed by atoms with Gasteiger partial charge in [0.1, 0.15) is 0 Å². The van der Waals surface area contributed by atoms with Crippen molar-refractivity contribution in [3.63, 3.8) is 0 Å². The molecule has 4 rings (SSSR count). The van der Waals surface area contributed by atoms with E-state index in [0.717, 1.165) is 17.5 Å². The van der Waals surface area contributed by atoms with E-state index in [0.29, 0.717) is 11.8 Å². The molecule has 1 atom stereocenters. The zero-order valence-electron chi connectivity index (χ0n) is 15.6. The highest BCUT2D eigenvalue weighted by Crippen LogP contribution is 2.50. The van der Waals surface area contributed by atoms with Crippen molar-refractivity contribution in [3.05, 3.63) is 125 Å². The van der Waals surface area contributed by atoms with Crippen molar-refractivity contribution < 1.29 is 0 Å². The minimum atomic E-state index is -0.302. The Hall–Kier alpha value is -2.28. The van der Waals surface area contributed by atoms with Crippen LogP contribution in [0.1, 0.15) is 34.2 Å². The van der Waals surface area contributed by atoms with Gasteiger partial charge in [0.25, 0.3) is 0 Å². The van der Waals surface area contributed by atoms with E-state index in [9.17, 15) is 0 Å². The Labute approximate surface area is 177 Å². The van der Waals surface area contributed by atoms with Gasteiger partial charge in [-0.3, -0.25) is 0 Å². The number of halogens is 2. The molecule has 0 saturated heterocycles. The van der Waals surface area contributed by atoms with Crippen LogP contribution in [0.5, 0.6) is 0 Å². The minimum absolute atomic E-state index is 0.302. The van der Waals surface area contributed by atoms with Gasteiger partial charge in [-0.05, 0) is 39.8 Å². The van der Waals surface area contributed by atoms with Gasteiger partial charge < -0.3 is 0 Å². The van der Waals surface area contributed by atoms with E-state index < -0.39 is 0 Å². The lowest BCUT2D eigenvalue weighted by Gasteiger charge is -2.40. The average molecular weight is 405 g/mol. The second kappa shape index (κ2) is 8.39. The molecule has 0 fully saturated rings. The smallest absolute Gasteiger partial charge is 0.0494 e. The highest BCUT2D eigenvalue weighted by Gasteiger charge is 2.40. The number of rotatable bonds is 5. The first-order chi connectivity index (χ1) is 13.8. The molecule has 140 valence electrons. The molecular weight excluding hydrogens is 383 g/mol. The van der Waals surface area contributed by atoms with Gasteiger partial charge in [0.05, 0.1) is 0 Å². The Morgan fingerprint density at radius 3 is 2.11 bits per heavy atom. The molecule has 1 unspecified atom stereocenters. The molecule has 28 heavy (non-hydrogen) atoms. The summed E-state index contributed by atoms with van der Waals surface area (Å²) >= 11 is 12.7. The lowest BCUT2D eigenvalue weighted by atomic mass is 9.62. The van der Waals surface area contributed by atoms with Crippen LogP contribution in [0.2, 0.25) is 0 Å². The molecule has 0 aromatic heterocycles. The molecule has 1 aliphatic rings. The maximum absolute atomic E-state index is 6.39. The molecule has 0 N–H and O–H groups in total. The van der Waals surface area contributed by atoms with E-state index in [2.05, 4.69) is 97.1 Å². The first-order valence-electron chi connectivity index (χ1n) is 9.52. The SMILES string of the molecule is ClCc1ccccc1C1=CC=CCC1(c1ccccc1)c1ccccc1CCl. The molecule has 0 heterocycles. The first kappa shape index (κ1) is 19.1. The summed E-state index contributed by atoms with van der Waals surface area (Å²) in [5.41, 5.74) is 7.02. The van der Waals surface area contributed by atoms with Crippen LogP contribution in [0, 0.1) is 0 Å². The predicted octanol–water partition coefficient (Wildman–Crippen LogP) is 7.49. The molecule has 0 aliphatic heterocycles. The normalized spacial score (nSPS) is 18.7. The number of alkyl halides is 2. The molecule has 0 amide bonds. The minimum Gasteiger partial charge on any atom is -0.122 e. The van der Waals surface area contributed by atoms with Crippen LogP contribution in [0.4, 0.5) is 0 Å². The van der Waals surface area contributed by atoms with Crippen LogP contribution < -0.4 is 0 Å². The largest absolute Gasteiger partial charge is 0.122 e. The van der Waals surface area contributed by atoms with Crippen molar-refractivity contribution in [2.75, 3.05) is 0 Å². The zero-order chi connectivity index (χ0) is 19.4. The molecule has 0 radical (unpaired) electrons. The summed E-state index contributed by atoms with van der Waals surface area (Å²) in [7, 11) is 0. The van der Waals surface area contributed by atoms with Crippen molar-refractivity contribution in [1.82, 2.24) is 0 Å². The second-order valence-electron chi connectivity index (χ2n) is 7.07. The number of benzene rings is 3. The molecular formula is C26H22Cl2. The topological polar surface area (TPSA) is 0 Å². The second-order valence-corrected chi connectivity index (χ2v) is 7.60. The van der Waals surface area contributed by atoms with Gasteiger partial charge in [-0.1, -0.05) is 97.1 Å². The van der Waals surface area contributed by atoms with E-state index in [1.807, 2.05) is 0 Å². The van der Waals surface area contributed by atoms with Gasteiger partial charge in [0.15, 0.2) is 0 Å². The number of hydrogen-bond donors (Lipinski definition) is 0. The van der Waals surface area contributed by atoms with Gasteiger partial charge in [-0.15, -0.1) is 23.2 Å². The third-order valence-electron chi connectivity index (χ3n) is 5.62. The molecule has 0 saturated carbocycles. The van der Waals surface area contributed by atoms with Crippen LogP contribution in [0.3, 0.4) is 0 Å². The third kappa shape index (κ3) is 3.21. The Kier molecular flexibility index (Phi) is 5.71. The quantitative estimate of drug-likeness (QED) is 0.386. The summed E-state index contributed by atoms with van der Waals surface area (Å²) in [5, 5.41) is 0. The Bertz CT molecular complexity index is 1020. The average Bonchev–Trinajstić information content (AvgIpc) is 2.79. The van der Waals surface area contributed by atoms with Gasteiger partial charge in [-0.2, -0.15) is 0 Å². The van der Waals surface area contributed by atoms with Crippen LogP contribution in [0.25, 0.3) is 5.57 Å². The van der Waals surface area contributed by atoms with E-state index >= 15 is 0 Å². The fraction of sp³-hybridized carbons (Fsp3) is 0.154. The molecule has 1 aliphatic carbocycles. The summed E-state index contributed by atoms with van der Waals surface area (Å²) < 4.78 is 0.